The molecule has 35 heavy (non-hydrogen) atoms. The van der Waals surface area contributed by atoms with Gasteiger partial charge in [0.1, 0.15) is 0 Å². The monoisotopic (exact) mass is 494 g/mol. The third-order valence-corrected chi connectivity index (χ3v) is 4.81. The molecule has 8 nitrogen and oxygen atoms in total. The molecule has 1 aromatic carbocycles. The Morgan fingerprint density at radius 2 is 1.80 bits per heavy atom. The molecule has 0 N–H and O–H groups in total. The van der Waals surface area contributed by atoms with E-state index in [0.717, 1.165) is 35.3 Å². The molecule has 1 aromatic rings. The van der Waals surface area contributed by atoms with Gasteiger partial charge < -0.3 is 14.7 Å². The Bertz CT molecular complexity index is 1080. The highest BCUT2D eigenvalue weighted by atomic mass is 19.4. The first-order valence-electron chi connectivity index (χ1n) is 10.7. The van der Waals surface area contributed by atoms with Gasteiger partial charge in [-0.3, -0.25) is 9.69 Å². The summed E-state index contributed by atoms with van der Waals surface area (Å²) in [6, 6.07) is 1.94. The maximum Gasteiger partial charge on any atom is 0.418 e. The number of carbonyl (C=O) groups excluding carboxylic acids is 3. The van der Waals surface area contributed by atoms with Gasteiger partial charge in [0.15, 0.2) is 6.04 Å². The van der Waals surface area contributed by atoms with Crippen LogP contribution < -0.4 is 4.90 Å². The highest BCUT2D eigenvalue weighted by molar-refractivity contribution is 6.53. The number of alkyl halides is 3. The molecule has 0 radical (unpaired) electrons. The molecule has 2 rings (SSSR count). The number of rotatable bonds is 10. The standard InChI is InChI=1S/C24H25F3N2O6/c1-4-15-28-21-17(10-8-11-18(21)24(25,26)27)22(23(28)32)29(33)16(13-14-20(31)35-6-3)9-7-12-19(30)34-5-2/h4,7-8,10-14,16H,1,5-6,9,15H2,2-3H3/b12-7+,14-13+,29-22+. The van der Waals surface area contributed by atoms with Crippen molar-refractivity contribution in [1.29, 1.82) is 0 Å². The number of nitrogens with zero attached hydrogens (tertiary/aromatic N) is 2. The van der Waals surface area contributed by atoms with E-state index in [1.807, 2.05) is 0 Å². The lowest BCUT2D eigenvalue weighted by atomic mass is 10.0. The van der Waals surface area contributed by atoms with Crippen LogP contribution in [-0.4, -0.2) is 54.1 Å². The summed E-state index contributed by atoms with van der Waals surface area (Å²) < 4.78 is 50.8. The zero-order valence-corrected chi connectivity index (χ0v) is 19.2. The van der Waals surface area contributed by atoms with E-state index in [-0.39, 0.29) is 36.5 Å². The van der Waals surface area contributed by atoms with Crippen molar-refractivity contribution in [3.63, 3.8) is 0 Å². The Labute approximate surface area is 200 Å². The number of hydrogen-bond donors (Lipinski definition) is 0. The maximum absolute atomic E-state index is 13.7. The molecule has 0 spiro atoms. The molecule has 1 unspecified atom stereocenters. The Morgan fingerprint density at radius 3 is 2.37 bits per heavy atom. The number of ether oxygens (including phenoxy) is 2. The average molecular weight is 494 g/mol. The molecule has 1 atom stereocenters. The Kier molecular flexibility index (Phi) is 9.38. The van der Waals surface area contributed by atoms with Crippen molar-refractivity contribution in [3.8, 4) is 0 Å². The van der Waals surface area contributed by atoms with E-state index in [1.165, 1.54) is 18.2 Å². The number of amides is 1. The highest BCUT2D eigenvalue weighted by Gasteiger charge is 2.46. The van der Waals surface area contributed by atoms with Gasteiger partial charge in [0.2, 0.25) is 0 Å². The van der Waals surface area contributed by atoms with Crippen molar-refractivity contribution in [3.05, 3.63) is 71.5 Å². The van der Waals surface area contributed by atoms with E-state index < -0.39 is 47.0 Å². The number of fused-ring (bicyclic) bond motifs is 1. The summed E-state index contributed by atoms with van der Waals surface area (Å²) in [6.45, 7) is 6.62. The van der Waals surface area contributed by atoms with E-state index in [0.29, 0.717) is 0 Å². The van der Waals surface area contributed by atoms with Crippen molar-refractivity contribution in [2.45, 2.75) is 32.5 Å². The number of hydrogen-bond acceptors (Lipinski definition) is 6. The lowest BCUT2D eigenvalue weighted by Crippen LogP contribution is -2.36. The van der Waals surface area contributed by atoms with Gasteiger partial charge in [0.25, 0.3) is 5.71 Å². The molecule has 188 valence electrons. The molecule has 0 fully saturated rings. The fourth-order valence-corrected chi connectivity index (χ4v) is 3.41. The van der Waals surface area contributed by atoms with Gasteiger partial charge in [-0.05, 0) is 32.1 Å². The minimum atomic E-state index is -4.78. The van der Waals surface area contributed by atoms with Gasteiger partial charge in [-0.25, -0.2) is 9.59 Å². The van der Waals surface area contributed by atoms with E-state index in [9.17, 15) is 32.8 Å². The third kappa shape index (κ3) is 6.58. The van der Waals surface area contributed by atoms with Crippen LogP contribution in [0.15, 0.2) is 55.2 Å². The quantitative estimate of drug-likeness (QED) is 0.123. The molecule has 1 amide bonds. The molecule has 0 saturated carbocycles. The summed E-state index contributed by atoms with van der Waals surface area (Å²) >= 11 is 0. The van der Waals surface area contributed by atoms with Crippen molar-refractivity contribution in [1.82, 2.24) is 0 Å². The van der Waals surface area contributed by atoms with Crippen LogP contribution >= 0.6 is 0 Å². The number of benzene rings is 1. The normalized spacial score (nSPS) is 15.9. The number of carbonyl (C=O) groups is 3. The second kappa shape index (κ2) is 12.0. The number of esters is 2. The molecule has 11 heteroatoms. The molecular formula is C24H25F3N2O6. The number of halogens is 3. The third-order valence-electron chi connectivity index (χ3n) is 4.81. The summed E-state index contributed by atoms with van der Waals surface area (Å²) in [6.07, 6.45) is 0.814. The van der Waals surface area contributed by atoms with Gasteiger partial charge >= 0.3 is 24.0 Å². The first-order valence-corrected chi connectivity index (χ1v) is 10.7. The van der Waals surface area contributed by atoms with Gasteiger partial charge in [-0.15, -0.1) is 6.58 Å². The number of anilines is 1. The van der Waals surface area contributed by atoms with Crippen LogP contribution in [0.2, 0.25) is 0 Å². The molecule has 1 heterocycles. The second-order valence-electron chi connectivity index (χ2n) is 7.15. The van der Waals surface area contributed by atoms with Crippen LogP contribution in [0.4, 0.5) is 18.9 Å². The summed E-state index contributed by atoms with van der Waals surface area (Å²) in [5.74, 6) is -2.37. The topological polar surface area (TPSA) is 99.0 Å². The second-order valence-corrected chi connectivity index (χ2v) is 7.15. The summed E-state index contributed by atoms with van der Waals surface area (Å²) in [7, 11) is 0. The Morgan fingerprint density at radius 1 is 1.17 bits per heavy atom. The SMILES string of the molecule is C=CCN1C(=O)/C(=[N+](/[O-])C(/C=C/C(=O)OCC)C/C=C/C(=O)OCC)c2cccc(C(F)(F)F)c21. The zero-order chi connectivity index (χ0) is 26.2. The fourth-order valence-electron chi connectivity index (χ4n) is 3.41. The molecule has 0 saturated heterocycles. The smallest absolute Gasteiger partial charge is 0.418 e. The van der Waals surface area contributed by atoms with Crippen LogP contribution in [-0.2, 0) is 30.0 Å². The molecule has 1 aliphatic heterocycles. The van der Waals surface area contributed by atoms with E-state index in [4.69, 9.17) is 9.47 Å². The first-order chi connectivity index (χ1) is 16.6. The van der Waals surface area contributed by atoms with Crippen molar-refractivity contribution >= 4 is 29.2 Å². The minimum Gasteiger partial charge on any atom is -0.623 e. The summed E-state index contributed by atoms with van der Waals surface area (Å²) in [5, 5.41) is 13.4. The van der Waals surface area contributed by atoms with Crippen molar-refractivity contribution in [2.75, 3.05) is 24.7 Å². The summed E-state index contributed by atoms with van der Waals surface area (Å²) in [4.78, 5) is 37.3. The largest absolute Gasteiger partial charge is 0.623 e. The lowest BCUT2D eigenvalue weighted by Gasteiger charge is -2.18. The van der Waals surface area contributed by atoms with E-state index >= 15 is 0 Å². The maximum atomic E-state index is 13.7. The van der Waals surface area contributed by atoms with Gasteiger partial charge in [0, 0.05) is 25.1 Å². The van der Waals surface area contributed by atoms with Crippen LogP contribution in [0, 0.1) is 5.21 Å². The Hall–Kier alpha value is -3.89. The fraction of sp³-hybridized carbons (Fsp3) is 0.333. The van der Waals surface area contributed by atoms with Gasteiger partial charge in [-0.1, -0.05) is 18.2 Å². The zero-order valence-electron chi connectivity index (χ0n) is 19.2. The molecular weight excluding hydrogens is 469 g/mol. The number of hydroxylamine groups is 1. The molecule has 1 aliphatic rings. The molecule has 0 aromatic heterocycles. The van der Waals surface area contributed by atoms with Gasteiger partial charge in [0.05, 0.1) is 30.0 Å². The predicted octanol–water partition coefficient (Wildman–Crippen LogP) is 3.53. The van der Waals surface area contributed by atoms with Crippen LogP contribution in [0.3, 0.4) is 0 Å². The number of para-hydroxylation sites is 1. The van der Waals surface area contributed by atoms with E-state index in [2.05, 4.69) is 6.58 Å². The van der Waals surface area contributed by atoms with Gasteiger partial charge in [-0.2, -0.15) is 17.9 Å². The average Bonchev–Trinajstić information content (AvgIpc) is 3.07. The first kappa shape index (κ1) is 27.4. The Balaban J connectivity index is 2.62. The molecule has 0 aliphatic carbocycles. The van der Waals surface area contributed by atoms with Crippen LogP contribution in [0.1, 0.15) is 31.4 Å². The molecule has 0 bridgehead atoms. The van der Waals surface area contributed by atoms with Crippen molar-refractivity contribution < 1.29 is 41.8 Å². The van der Waals surface area contributed by atoms with Crippen LogP contribution in [0.25, 0.3) is 0 Å². The van der Waals surface area contributed by atoms with Crippen LogP contribution in [0.5, 0.6) is 0 Å². The highest BCUT2D eigenvalue weighted by Crippen LogP contribution is 2.42. The minimum absolute atomic E-state index is 0.0810. The lowest BCUT2D eigenvalue weighted by molar-refractivity contribution is -0.485. The summed E-state index contributed by atoms with van der Waals surface area (Å²) in [5.41, 5.74) is -2.26. The van der Waals surface area contributed by atoms with E-state index in [1.54, 1.807) is 13.8 Å². The van der Waals surface area contributed by atoms with Crippen molar-refractivity contribution in [2.24, 2.45) is 0 Å². The predicted molar refractivity (Wildman–Crippen MR) is 122 cm³/mol.